The van der Waals surface area contributed by atoms with Gasteiger partial charge in [0.2, 0.25) is 41.4 Å². The molecule has 7 heterocycles. The summed E-state index contributed by atoms with van der Waals surface area (Å²) in [5.74, 6) is -0.106. The van der Waals surface area contributed by atoms with Gasteiger partial charge in [-0.15, -0.1) is 0 Å². The molecule has 0 radical (unpaired) electrons. The van der Waals surface area contributed by atoms with E-state index in [-0.39, 0.29) is 53.4 Å². The predicted molar refractivity (Wildman–Crippen MR) is 579 cm³/mol. The number of rotatable bonds is 42. The largest absolute Gasteiger partial charge is 0.497 e. The van der Waals surface area contributed by atoms with Crippen molar-refractivity contribution in [2.45, 2.75) is 273 Å². The van der Waals surface area contributed by atoms with Crippen molar-refractivity contribution in [3.8, 4) is 5.75 Å². The van der Waals surface area contributed by atoms with Crippen LogP contribution in [-0.2, 0) is 43.0 Å². The number of nitrogens with two attached hydrogens (primary N) is 5. The van der Waals surface area contributed by atoms with E-state index in [9.17, 15) is 69.3 Å². The Morgan fingerprint density at radius 3 is 0.857 bits per heavy atom. The number of benzene rings is 7. The van der Waals surface area contributed by atoms with Gasteiger partial charge in [0.05, 0.1) is 55.7 Å². The fraction of sp³-hybridized carbons (Fsp3) is 0.566. The number of halogens is 3. The van der Waals surface area contributed by atoms with E-state index >= 15 is 0 Å². The minimum absolute atomic E-state index is 0.0433. The highest BCUT2D eigenvalue weighted by molar-refractivity contribution is 6.42. The number of aliphatic hydroxyl groups is 7. The number of morpholine rings is 2. The molecule has 7 saturated heterocycles. The molecule has 0 unspecified atom stereocenters. The third-order valence-electron chi connectivity index (χ3n) is 27.6. The van der Waals surface area contributed by atoms with E-state index < -0.39 is 72.9 Å². The van der Waals surface area contributed by atoms with Crippen LogP contribution in [0.5, 0.6) is 5.75 Å². The van der Waals surface area contributed by atoms with Gasteiger partial charge in [-0.25, -0.2) is 0 Å². The molecule has 7 aliphatic rings. The number of amides is 7. The molecule has 7 amide bonds. The Balaban J connectivity index is 0.000000211. The number of ether oxygens (including phenoxy) is 3. The molecule has 14 atom stereocenters. The third kappa shape index (κ3) is 42.9. The van der Waals surface area contributed by atoms with Crippen molar-refractivity contribution in [1.82, 2.24) is 44.9 Å². The van der Waals surface area contributed by atoms with E-state index in [1.807, 2.05) is 110 Å². The van der Waals surface area contributed by atoms with Gasteiger partial charge in [0.15, 0.2) is 0 Å². The first kappa shape index (κ1) is 123. The zero-order valence-corrected chi connectivity index (χ0v) is 89.1. The summed E-state index contributed by atoms with van der Waals surface area (Å²) in [6, 6.07) is 49.0. The first-order chi connectivity index (χ1) is 70.9. The summed E-state index contributed by atoms with van der Waals surface area (Å²) < 4.78 is 15.9. The molecule has 0 aliphatic carbocycles. The zero-order valence-electron chi connectivity index (χ0n) is 86.8. The molecule has 7 aromatic rings. The number of hydrogen-bond acceptors (Lipinski definition) is 24. The second-order valence-corrected chi connectivity index (χ2v) is 40.2. The lowest BCUT2D eigenvalue weighted by Crippen LogP contribution is -2.49. The predicted octanol–water partition coefficient (Wildman–Crippen LogP) is 13.0. The molecule has 7 fully saturated rings. The topological polar surface area (TPSA) is 466 Å². The molecule has 34 heteroatoms. The maximum Gasteiger partial charge on any atom is 0.242 e. The molecule has 0 bridgehead atoms. The van der Waals surface area contributed by atoms with Crippen LogP contribution in [0.4, 0.5) is 0 Å². The monoisotopic (exact) mass is 2100 g/mol. The third-order valence-corrected chi connectivity index (χ3v) is 28.6. The van der Waals surface area contributed by atoms with Gasteiger partial charge in [-0.05, 0) is 159 Å². The van der Waals surface area contributed by atoms with E-state index in [4.69, 9.17) is 77.7 Å². The Kier molecular flexibility index (Phi) is 57.4. The van der Waals surface area contributed by atoms with E-state index in [0.29, 0.717) is 114 Å². The van der Waals surface area contributed by atoms with Crippen molar-refractivity contribution in [3.05, 3.63) is 242 Å². The van der Waals surface area contributed by atoms with E-state index in [1.54, 1.807) is 104 Å². The highest BCUT2D eigenvalue weighted by atomic mass is 35.5. The van der Waals surface area contributed by atoms with Crippen molar-refractivity contribution in [3.63, 3.8) is 0 Å². The number of hydrogen-bond donors (Lipinski definition) is 14. The number of nitrogens with zero attached hydrogens (tertiary/aromatic N) is 7. The highest BCUT2D eigenvalue weighted by Gasteiger charge is 2.37. The molecule has 0 spiro atoms. The average Bonchev–Trinajstić information content (AvgIpc) is 1.85. The summed E-state index contributed by atoms with van der Waals surface area (Å²) >= 11 is 17.5. The van der Waals surface area contributed by atoms with Gasteiger partial charge < -0.3 is 114 Å². The van der Waals surface area contributed by atoms with Crippen molar-refractivity contribution in [1.29, 1.82) is 0 Å². The molecule has 19 N–H and O–H groups in total. The summed E-state index contributed by atoms with van der Waals surface area (Å²) in [4.78, 5) is 98.4. The van der Waals surface area contributed by atoms with Crippen molar-refractivity contribution < 1.29 is 83.5 Å². The number of aliphatic hydroxyl groups excluding tert-OH is 7. The average molecular weight is 2100 g/mol. The summed E-state index contributed by atoms with van der Waals surface area (Å²) in [5, 5.41) is 79.9. The second-order valence-electron chi connectivity index (χ2n) is 39.0. The number of carbonyl (C=O) groups is 7. The highest BCUT2D eigenvalue weighted by Crippen LogP contribution is 2.31. The number of aryl methyl sites for hydroxylation is 1. The Labute approximate surface area is 886 Å². The molecular formula is C113H167Cl3N14O17. The van der Waals surface area contributed by atoms with Gasteiger partial charge in [-0.2, -0.15) is 0 Å². The zero-order chi connectivity index (χ0) is 106. The Morgan fingerprint density at radius 1 is 0.320 bits per heavy atom. The quantitative estimate of drug-likeness (QED) is 0.0158. The van der Waals surface area contributed by atoms with Gasteiger partial charge in [-0.1, -0.05) is 277 Å². The lowest BCUT2D eigenvalue weighted by Gasteiger charge is -2.33. The standard InChI is InChI=1S/2C23H38N2O3.C14H20N2O3.C14H20N2O2.C13H16Cl2N2O2.C13H17ClN2O2.C13H18N2O2/c2*1-2-3-4-5-6-7-11-14-22(26)24-21(19-25-15-17-28-18-16-25)23(27)20-12-9-8-10-13-20;1-19-11-6-4-10(5-7-11)13(17)12(15)14(18)16-8-2-3-9-16;1-10-4-6-11(7-5-10)13(17)12(15)14(18)16-8-2-3-9-16;14-9-4-3-8(7-10(9)15)12(18)11(16)13(19)17-5-1-2-6-17;14-10-5-3-9(4-6-10)12(17)11(15)13(18)16-7-1-2-8-16;14-11(13(17)15-8-4-5-9-15)12(16)10-6-2-1-3-7-10/h2*8-10,12-13,21,23,27H,2-7,11,14-19H2,1H3,(H,24,26);4-7,12-13,17H,2-3,8-9,15H2,1H3;4-7,12-13,17H,2-3,8-9,15H2,1H3;3-4,7,11-12,18H,1-2,5-6,16H2;3-6,11-12,17H,1-2,7-8,15H2;1-3,6-7,11-12,16H,4-5,8-9,14H2/t21-,23+;21-,23-;2*12-,13+;3*11-,12+/m0011111/s1. The molecule has 31 nitrogen and oxygen atoms in total. The molecular weight excluding hydrogens is 1930 g/mol. The maximum atomic E-state index is 12.5. The normalized spacial score (nSPS) is 18.1. The second kappa shape index (κ2) is 68.6. The molecule has 0 saturated carbocycles. The summed E-state index contributed by atoms with van der Waals surface area (Å²) in [7, 11) is 1.58. The first-order valence-corrected chi connectivity index (χ1v) is 54.3. The van der Waals surface area contributed by atoms with Crippen molar-refractivity contribution in [2.24, 2.45) is 28.7 Å². The van der Waals surface area contributed by atoms with Crippen molar-refractivity contribution in [2.75, 3.05) is 138 Å². The fourth-order valence-electron chi connectivity index (χ4n) is 18.4. The summed E-state index contributed by atoms with van der Waals surface area (Å²) in [6.07, 6.45) is 21.6. The number of likely N-dealkylation sites (tertiary alicyclic amines) is 5. The minimum Gasteiger partial charge on any atom is -0.497 e. The SMILES string of the molecule is CCCCCCCCCC(=O)N[C@@H](CN1CCOCC1)[C@@H](O)c1ccccc1.CCCCCCCCCC(=O)N[C@@H](CN1CCOCC1)[C@H](O)c1ccccc1.COc1ccc([C@H](O)[C@@H](N)C(=O)N2CCCC2)cc1.Cc1ccc([C@H](O)[C@@H](N)C(=O)N2CCCC2)cc1.N[C@@H](C(=O)N1CCCC1)[C@@H](O)c1ccc(Cl)c(Cl)c1.N[C@@H](C(=O)N1CCCC1)[C@@H](O)c1ccc(Cl)cc1.N[C@@H](C(=O)N1CCCC1)[C@@H](O)c1ccccc1. The lowest BCUT2D eigenvalue weighted by atomic mass is 10.0. The summed E-state index contributed by atoms with van der Waals surface area (Å²) in [5.41, 5.74) is 35.2. The Bertz CT molecular complexity index is 4690. The van der Waals surface area contributed by atoms with Crippen LogP contribution in [-0.4, -0.2) is 292 Å². The smallest absolute Gasteiger partial charge is 0.242 e. The number of carbonyl (C=O) groups excluding carboxylic acids is 7. The lowest BCUT2D eigenvalue weighted by molar-refractivity contribution is -0.135. The maximum absolute atomic E-state index is 12.5. The molecule has 7 aromatic carbocycles. The van der Waals surface area contributed by atoms with Crippen LogP contribution in [0, 0.1) is 6.92 Å². The van der Waals surface area contributed by atoms with Crippen LogP contribution >= 0.6 is 34.8 Å². The molecule has 0 aromatic heterocycles. The number of unbranched alkanes of at least 4 members (excludes halogenated alkanes) is 12. The molecule has 14 rings (SSSR count). The van der Waals surface area contributed by atoms with Crippen LogP contribution in [0.3, 0.4) is 0 Å². The minimum atomic E-state index is -1.08. The number of methoxy groups -OCH3 is 1. The Hall–Kier alpha value is -9.14. The Morgan fingerprint density at radius 2 is 0.571 bits per heavy atom. The van der Waals surface area contributed by atoms with Crippen LogP contribution in [0.15, 0.2) is 182 Å². The fourth-order valence-corrected chi connectivity index (χ4v) is 18.8. The van der Waals surface area contributed by atoms with Crippen LogP contribution < -0.4 is 44.0 Å². The van der Waals surface area contributed by atoms with Crippen LogP contribution in [0.2, 0.25) is 15.1 Å². The van der Waals surface area contributed by atoms with Gasteiger partial charge in [0.25, 0.3) is 0 Å². The van der Waals surface area contributed by atoms with Crippen molar-refractivity contribution >= 4 is 76.2 Å². The van der Waals surface area contributed by atoms with Gasteiger partial charge in [0.1, 0.15) is 78.7 Å². The molecule has 147 heavy (non-hydrogen) atoms. The van der Waals surface area contributed by atoms with E-state index in [2.05, 4.69) is 34.3 Å². The number of nitrogens with one attached hydrogen (secondary N) is 2. The first-order valence-electron chi connectivity index (χ1n) is 53.2. The molecule has 7 aliphatic heterocycles. The van der Waals surface area contributed by atoms with Gasteiger partial charge >= 0.3 is 0 Å². The van der Waals surface area contributed by atoms with Gasteiger partial charge in [-0.3, -0.25) is 43.4 Å². The van der Waals surface area contributed by atoms with Crippen LogP contribution in [0.25, 0.3) is 0 Å². The summed E-state index contributed by atoms with van der Waals surface area (Å²) in [6.45, 7) is 21.3. The van der Waals surface area contributed by atoms with E-state index in [1.165, 1.54) is 70.3 Å². The van der Waals surface area contributed by atoms with E-state index in [0.717, 1.165) is 185 Å². The molecule has 812 valence electrons. The van der Waals surface area contributed by atoms with Crippen LogP contribution in [0.1, 0.15) is 268 Å². The van der Waals surface area contributed by atoms with Gasteiger partial charge in [0, 0.05) is 123 Å².